The molecule has 28 heavy (non-hydrogen) atoms. The Labute approximate surface area is 183 Å². The maximum absolute atomic E-state index is 3.42. The van der Waals surface area contributed by atoms with Crippen LogP contribution in [0, 0.1) is 11.8 Å². The smallest absolute Gasteiger partial charge is 0.0332 e. The molecule has 0 bridgehead atoms. The van der Waals surface area contributed by atoms with E-state index in [1.165, 1.54) is 15.9 Å². The summed E-state index contributed by atoms with van der Waals surface area (Å²) >= 11 is 0. The Hall–Kier alpha value is -2.39. The van der Waals surface area contributed by atoms with E-state index in [1.54, 1.807) is 0 Å². The van der Waals surface area contributed by atoms with Gasteiger partial charge in [0.1, 0.15) is 0 Å². The van der Waals surface area contributed by atoms with Crippen molar-refractivity contribution < 1.29 is 22.4 Å². The van der Waals surface area contributed by atoms with Crippen LogP contribution in [0.25, 0.3) is 0 Å². The molecule has 0 amide bonds. The monoisotopic (exact) mass is 559 g/mol. The van der Waals surface area contributed by atoms with Crippen molar-refractivity contribution in [2.75, 3.05) is 0 Å². The molecule has 4 rings (SSSR count). The molecule has 0 saturated heterocycles. The minimum absolute atomic E-state index is 0. The quantitative estimate of drug-likeness (QED) is 0.192. The Balaban J connectivity index is 0.00000225. The Kier molecular flexibility index (Phi) is 7.44. The van der Waals surface area contributed by atoms with Crippen molar-refractivity contribution in [3.63, 3.8) is 0 Å². The zero-order valence-electron chi connectivity index (χ0n) is 15.2. The van der Waals surface area contributed by atoms with Crippen LogP contribution in [-0.4, -0.2) is 0 Å². The van der Waals surface area contributed by atoms with Gasteiger partial charge in [0.2, 0.25) is 0 Å². The summed E-state index contributed by atoms with van der Waals surface area (Å²) in [5.74, 6) is 6.74. The van der Waals surface area contributed by atoms with E-state index in [-0.39, 0.29) is 22.4 Å². The fourth-order valence-corrected chi connectivity index (χ4v) is 5.42. The van der Waals surface area contributed by atoms with Gasteiger partial charge in [-0.05, 0) is 36.7 Å². The Bertz CT molecular complexity index is 1030. The third kappa shape index (κ3) is 4.90. The van der Waals surface area contributed by atoms with E-state index in [0.29, 0.717) is 0 Å². The molecule has 4 aromatic rings. The summed E-state index contributed by atoms with van der Waals surface area (Å²) in [4.78, 5) is 0. The number of hydrogen-bond donors (Lipinski definition) is 0. The molecule has 4 aromatic carbocycles. The molecule has 0 heterocycles. The summed E-state index contributed by atoms with van der Waals surface area (Å²) in [7, 11) is -0.650. The average Bonchev–Trinajstić information content (AvgIpc) is 2.76. The van der Waals surface area contributed by atoms with Crippen LogP contribution in [0.15, 0.2) is 115 Å². The minimum Gasteiger partial charge on any atom is -0.0622 e. The van der Waals surface area contributed by atoms with Crippen molar-refractivity contribution in [3.8, 4) is 11.8 Å². The molecule has 0 aliphatic rings. The minimum atomic E-state index is -0.650. The Morgan fingerprint density at radius 3 is 1.50 bits per heavy atom. The van der Waals surface area contributed by atoms with Gasteiger partial charge in [0.05, 0.1) is 0 Å². The van der Waals surface area contributed by atoms with Crippen LogP contribution >= 0.6 is 7.92 Å². The van der Waals surface area contributed by atoms with Gasteiger partial charge in [0.25, 0.3) is 0 Å². The topological polar surface area (TPSA) is 0 Å². The van der Waals surface area contributed by atoms with Gasteiger partial charge in [0, 0.05) is 38.8 Å². The molecule has 0 fully saturated rings. The zero-order valence-corrected chi connectivity index (χ0v) is 18.3. The van der Waals surface area contributed by atoms with Crippen LogP contribution in [0.2, 0.25) is 0 Å². The first-order valence-corrected chi connectivity index (χ1v) is 10.3. The first-order chi connectivity index (χ1) is 13.4. The number of hydrogen-bond acceptors (Lipinski definition) is 0. The molecule has 0 saturated carbocycles. The second kappa shape index (κ2) is 10.2. The molecule has 0 N–H and O–H groups in total. The predicted octanol–water partition coefficient (Wildman–Crippen LogP) is 4.84. The van der Waals surface area contributed by atoms with Gasteiger partial charge >= 0.3 is 0 Å². The van der Waals surface area contributed by atoms with Gasteiger partial charge in [-0.3, -0.25) is 0 Å². The van der Waals surface area contributed by atoms with Crippen LogP contribution in [0.5, 0.6) is 0 Å². The van der Waals surface area contributed by atoms with Crippen molar-refractivity contribution in [3.05, 3.63) is 126 Å². The van der Waals surface area contributed by atoms with Crippen LogP contribution in [-0.2, 0) is 22.4 Å². The molecule has 0 unspecified atom stereocenters. The maximum atomic E-state index is 3.42. The van der Waals surface area contributed by atoms with E-state index in [1.807, 2.05) is 30.3 Å². The van der Waals surface area contributed by atoms with Crippen molar-refractivity contribution in [2.45, 2.75) is 0 Å². The molecule has 0 aliphatic heterocycles. The molecule has 0 atom stereocenters. The first-order valence-electron chi connectivity index (χ1n) is 8.98. The summed E-state index contributed by atoms with van der Waals surface area (Å²) in [6.45, 7) is 0. The average molecular weight is 559 g/mol. The van der Waals surface area contributed by atoms with Gasteiger partial charge in [-0.25, -0.2) is 0 Å². The second-order valence-electron chi connectivity index (χ2n) is 6.14. The van der Waals surface area contributed by atoms with Gasteiger partial charge in [-0.2, -0.15) is 0 Å². The van der Waals surface area contributed by atoms with Crippen LogP contribution in [0.4, 0.5) is 0 Å². The van der Waals surface area contributed by atoms with Gasteiger partial charge in [-0.15, -0.1) is 0 Å². The van der Waals surface area contributed by atoms with E-state index >= 15 is 0 Å². The third-order valence-corrected chi connectivity index (χ3v) is 6.79. The molecule has 1 radical (unpaired) electrons. The predicted molar refractivity (Wildman–Crippen MR) is 118 cm³/mol. The van der Waals surface area contributed by atoms with Crippen LogP contribution < -0.4 is 15.9 Å². The molecule has 0 nitrogen and oxygen atoms in total. The van der Waals surface area contributed by atoms with Crippen molar-refractivity contribution in [1.82, 2.24) is 0 Å². The van der Waals surface area contributed by atoms with Gasteiger partial charge < -0.3 is 0 Å². The second-order valence-corrected chi connectivity index (χ2v) is 8.33. The third-order valence-electron chi connectivity index (χ3n) is 4.29. The van der Waals surface area contributed by atoms with Crippen LogP contribution in [0.1, 0.15) is 11.1 Å². The zero-order chi connectivity index (χ0) is 18.3. The molecule has 139 valence electrons. The Morgan fingerprint density at radius 1 is 0.464 bits per heavy atom. The molecule has 0 aliphatic carbocycles. The summed E-state index contributed by atoms with van der Waals surface area (Å²) in [6, 6.07) is 40.2. The van der Waals surface area contributed by atoms with E-state index in [4.69, 9.17) is 0 Å². The van der Waals surface area contributed by atoms with Crippen molar-refractivity contribution >= 4 is 23.8 Å². The summed E-state index contributed by atoms with van der Waals surface area (Å²) in [5.41, 5.74) is 2.14. The van der Waals surface area contributed by atoms with E-state index in [0.717, 1.165) is 11.1 Å². The Morgan fingerprint density at radius 2 is 0.929 bits per heavy atom. The first kappa shape index (κ1) is 20.3. The fraction of sp³-hybridized carbons (Fsp3) is 0. The van der Waals surface area contributed by atoms with Crippen LogP contribution in [0.3, 0.4) is 0 Å². The van der Waals surface area contributed by atoms with Crippen molar-refractivity contribution in [2.24, 2.45) is 0 Å². The van der Waals surface area contributed by atoms with Crippen molar-refractivity contribution in [1.29, 1.82) is 0 Å². The SMILES string of the molecule is C(#Cc1ccccc1P(c1ccccc1)c1ccccc1)c1ccccc1.[Au]. The van der Waals surface area contributed by atoms with E-state index in [9.17, 15) is 0 Å². The summed E-state index contributed by atoms with van der Waals surface area (Å²) in [6.07, 6.45) is 0. The molecule has 0 aromatic heterocycles. The summed E-state index contributed by atoms with van der Waals surface area (Å²) < 4.78 is 0. The fourth-order valence-electron chi connectivity index (χ4n) is 3.02. The molecular formula is C26H19AuP. The van der Waals surface area contributed by atoms with E-state index < -0.39 is 7.92 Å². The molecule has 0 spiro atoms. The summed E-state index contributed by atoms with van der Waals surface area (Å²) in [5, 5.41) is 3.98. The largest absolute Gasteiger partial charge is 0.0622 e. The maximum Gasteiger partial charge on any atom is 0.0332 e. The molecular weight excluding hydrogens is 540 g/mol. The molecule has 2 heteroatoms. The number of benzene rings is 4. The van der Waals surface area contributed by atoms with Gasteiger partial charge in [-0.1, -0.05) is 109 Å². The van der Waals surface area contributed by atoms with E-state index in [2.05, 4.69) is 96.8 Å². The standard InChI is InChI=1S/C26H19P.Au/c1-4-12-22(13-5-1)20-21-23-14-10-11-19-26(23)27(24-15-6-2-7-16-24)25-17-8-3-9-18-25;/h1-19H;. The normalized spacial score (nSPS) is 9.89. The number of rotatable bonds is 3. The van der Waals surface area contributed by atoms with Gasteiger partial charge in [0.15, 0.2) is 0 Å².